The largest absolute Gasteiger partial charge is 0.374 e. The van der Waals surface area contributed by atoms with E-state index in [1.54, 1.807) is 19.2 Å². The number of hydrogen-bond acceptors (Lipinski definition) is 8. The Morgan fingerprint density at radius 2 is 2.19 bits per heavy atom. The summed E-state index contributed by atoms with van der Waals surface area (Å²) in [6.45, 7) is 5.47. The minimum Gasteiger partial charge on any atom is -0.374 e. The summed E-state index contributed by atoms with van der Waals surface area (Å²) in [7, 11) is 1.60. The predicted octanol–water partition coefficient (Wildman–Crippen LogP) is 3.16. The first-order valence-electron chi connectivity index (χ1n) is 8.74. The van der Waals surface area contributed by atoms with Crippen molar-refractivity contribution in [2.24, 2.45) is 0 Å². The fourth-order valence-electron chi connectivity index (χ4n) is 3.07. The van der Waals surface area contributed by atoms with Crippen LogP contribution in [-0.4, -0.2) is 53.3 Å². The first-order valence-corrected chi connectivity index (χ1v) is 9.53. The first-order chi connectivity index (χ1) is 13.0. The van der Waals surface area contributed by atoms with Crippen LogP contribution in [0.2, 0.25) is 0 Å². The van der Waals surface area contributed by atoms with Crippen molar-refractivity contribution in [2.45, 2.75) is 26.0 Å². The summed E-state index contributed by atoms with van der Waals surface area (Å²) in [6, 6.07) is 5.04. The van der Waals surface area contributed by atoms with E-state index in [0.29, 0.717) is 30.5 Å². The maximum atomic E-state index is 11.4. The lowest BCUT2D eigenvalue weighted by Crippen LogP contribution is -2.31. The Morgan fingerprint density at radius 3 is 2.93 bits per heavy atom. The second-order valence-electron chi connectivity index (χ2n) is 6.43. The molecule has 1 fully saturated rings. The fourth-order valence-corrected chi connectivity index (χ4v) is 3.42. The van der Waals surface area contributed by atoms with Crippen molar-refractivity contribution in [1.29, 1.82) is 0 Å². The number of rotatable bonds is 6. The molecule has 1 atom stereocenters. The van der Waals surface area contributed by atoms with Crippen LogP contribution in [-0.2, 0) is 11.3 Å². The topological polar surface area (TPSA) is 97.8 Å². The monoisotopic (exact) mass is 439 g/mol. The van der Waals surface area contributed by atoms with Gasteiger partial charge in [-0.25, -0.2) is 0 Å². The molecule has 0 N–H and O–H groups in total. The molecule has 27 heavy (non-hydrogen) atoms. The zero-order valence-electron chi connectivity index (χ0n) is 15.3. The van der Waals surface area contributed by atoms with Crippen LogP contribution in [0.1, 0.15) is 31.2 Å². The second-order valence-corrected chi connectivity index (χ2v) is 7.35. The van der Waals surface area contributed by atoms with E-state index < -0.39 is 0 Å². The highest BCUT2D eigenvalue weighted by atomic mass is 79.9. The molecule has 1 aromatic carbocycles. The van der Waals surface area contributed by atoms with Gasteiger partial charge in [0.2, 0.25) is 5.89 Å². The lowest BCUT2D eigenvalue weighted by atomic mass is 10.2. The van der Waals surface area contributed by atoms with Crippen LogP contribution in [0, 0.1) is 10.1 Å². The van der Waals surface area contributed by atoms with Gasteiger partial charge in [-0.1, -0.05) is 21.1 Å². The van der Waals surface area contributed by atoms with Gasteiger partial charge >= 0.3 is 0 Å². The Hall–Kier alpha value is -2.04. The average molecular weight is 440 g/mol. The molecular weight excluding hydrogens is 418 g/mol. The normalized spacial score (nSPS) is 16.9. The van der Waals surface area contributed by atoms with E-state index >= 15 is 0 Å². The van der Waals surface area contributed by atoms with E-state index in [0.717, 1.165) is 30.5 Å². The van der Waals surface area contributed by atoms with Gasteiger partial charge < -0.3 is 14.2 Å². The van der Waals surface area contributed by atoms with Crippen LogP contribution >= 0.6 is 15.9 Å². The van der Waals surface area contributed by atoms with E-state index in [1.165, 1.54) is 0 Å². The molecule has 0 saturated carbocycles. The lowest BCUT2D eigenvalue weighted by molar-refractivity contribution is -0.384. The third kappa shape index (κ3) is 4.82. The lowest BCUT2D eigenvalue weighted by Gasteiger charge is -2.23. The van der Waals surface area contributed by atoms with Crippen LogP contribution in [0.5, 0.6) is 0 Å². The minimum atomic E-state index is -0.332. The molecule has 1 aliphatic heterocycles. The third-order valence-corrected chi connectivity index (χ3v) is 5.12. The molecule has 2 aromatic rings. The highest BCUT2D eigenvalue weighted by molar-refractivity contribution is 9.10. The summed E-state index contributed by atoms with van der Waals surface area (Å²) in [5.74, 6) is 1.09. The number of nitrogens with zero attached hydrogens (tertiary/aromatic N) is 5. The number of benzene rings is 1. The summed E-state index contributed by atoms with van der Waals surface area (Å²) >= 11 is 3.41. The van der Waals surface area contributed by atoms with Crippen LogP contribution < -0.4 is 4.90 Å². The van der Waals surface area contributed by atoms with Gasteiger partial charge in [0, 0.05) is 43.8 Å². The number of hydrogen-bond donors (Lipinski definition) is 0. The van der Waals surface area contributed by atoms with Gasteiger partial charge in [-0.15, -0.1) is 0 Å². The number of methoxy groups -OCH3 is 1. The molecule has 9 nitrogen and oxygen atoms in total. The van der Waals surface area contributed by atoms with Gasteiger partial charge in [-0.2, -0.15) is 4.98 Å². The molecule has 1 aromatic heterocycles. The summed E-state index contributed by atoms with van der Waals surface area (Å²) in [6.07, 6.45) is 0.679. The molecule has 146 valence electrons. The Kier molecular flexibility index (Phi) is 6.40. The molecule has 0 radical (unpaired) electrons. The van der Waals surface area contributed by atoms with Gasteiger partial charge in [0.05, 0.1) is 11.5 Å². The number of anilines is 1. The molecule has 1 unspecified atom stereocenters. The number of ether oxygens (including phenoxy) is 1. The van der Waals surface area contributed by atoms with Crippen LogP contribution in [0.25, 0.3) is 0 Å². The standard InChI is InChI=1S/C17H22BrN5O4/c1-12(26-2)17-19-16(27-20-17)11-21-6-3-7-22(9-8-21)15-10-13(18)4-5-14(15)23(24)25/h4-5,10,12H,3,6-9,11H2,1-2H3. The molecule has 10 heteroatoms. The smallest absolute Gasteiger partial charge is 0.292 e. The molecule has 1 saturated heterocycles. The van der Waals surface area contributed by atoms with Crippen molar-refractivity contribution >= 4 is 27.3 Å². The van der Waals surface area contributed by atoms with Crippen molar-refractivity contribution in [1.82, 2.24) is 15.0 Å². The van der Waals surface area contributed by atoms with Crippen molar-refractivity contribution in [3.05, 3.63) is 44.5 Å². The SMILES string of the molecule is COC(C)c1noc(CN2CCCN(c3cc(Br)ccc3[N+](=O)[O-])CC2)n1. The van der Waals surface area contributed by atoms with Crippen molar-refractivity contribution in [2.75, 3.05) is 38.2 Å². The van der Waals surface area contributed by atoms with E-state index in [2.05, 4.69) is 35.9 Å². The molecular formula is C17H22BrN5O4. The first kappa shape index (κ1) is 19.7. The number of nitro groups is 1. The molecule has 0 bridgehead atoms. The van der Waals surface area contributed by atoms with Crippen molar-refractivity contribution in [3.63, 3.8) is 0 Å². The molecule has 1 aliphatic rings. The number of aromatic nitrogens is 2. The summed E-state index contributed by atoms with van der Waals surface area (Å²) in [4.78, 5) is 19.7. The average Bonchev–Trinajstić information content (AvgIpc) is 2.99. The summed E-state index contributed by atoms with van der Waals surface area (Å²) < 4.78 is 11.3. The summed E-state index contributed by atoms with van der Waals surface area (Å²) in [5.41, 5.74) is 0.770. The van der Waals surface area contributed by atoms with E-state index in [-0.39, 0.29) is 16.7 Å². The van der Waals surface area contributed by atoms with Gasteiger partial charge in [0.1, 0.15) is 11.8 Å². The minimum absolute atomic E-state index is 0.127. The molecule has 0 aliphatic carbocycles. The third-order valence-electron chi connectivity index (χ3n) is 4.62. The molecule has 0 spiro atoms. The van der Waals surface area contributed by atoms with E-state index in [4.69, 9.17) is 9.26 Å². The maximum absolute atomic E-state index is 11.4. The van der Waals surface area contributed by atoms with Gasteiger partial charge in [-0.3, -0.25) is 15.0 Å². The maximum Gasteiger partial charge on any atom is 0.292 e. The van der Waals surface area contributed by atoms with Crippen molar-refractivity contribution in [3.8, 4) is 0 Å². The van der Waals surface area contributed by atoms with Crippen LogP contribution in [0.3, 0.4) is 0 Å². The summed E-state index contributed by atoms with van der Waals surface area (Å²) in [5, 5.41) is 15.3. The highest BCUT2D eigenvalue weighted by Gasteiger charge is 2.23. The highest BCUT2D eigenvalue weighted by Crippen LogP contribution is 2.32. The number of nitro benzene ring substituents is 1. The molecule has 2 heterocycles. The van der Waals surface area contributed by atoms with Crippen LogP contribution in [0.15, 0.2) is 27.2 Å². The Morgan fingerprint density at radius 1 is 1.37 bits per heavy atom. The fraction of sp³-hybridized carbons (Fsp3) is 0.529. The van der Waals surface area contributed by atoms with E-state index in [1.807, 2.05) is 13.0 Å². The van der Waals surface area contributed by atoms with E-state index in [9.17, 15) is 10.1 Å². The molecule has 3 rings (SSSR count). The Balaban J connectivity index is 1.67. The van der Waals surface area contributed by atoms with Gasteiger partial charge in [0.15, 0.2) is 5.82 Å². The quantitative estimate of drug-likeness (QED) is 0.499. The van der Waals surface area contributed by atoms with Gasteiger partial charge in [0.25, 0.3) is 5.69 Å². The Bertz CT molecular complexity index is 799. The molecule has 0 amide bonds. The number of halogens is 1. The van der Waals surface area contributed by atoms with Crippen LogP contribution in [0.4, 0.5) is 11.4 Å². The Labute approximate surface area is 165 Å². The zero-order chi connectivity index (χ0) is 19.4. The van der Waals surface area contributed by atoms with Crippen molar-refractivity contribution < 1.29 is 14.2 Å². The van der Waals surface area contributed by atoms with Gasteiger partial charge in [-0.05, 0) is 25.5 Å². The zero-order valence-corrected chi connectivity index (χ0v) is 16.9. The predicted molar refractivity (Wildman–Crippen MR) is 103 cm³/mol. The second kappa shape index (κ2) is 8.77.